The van der Waals surface area contributed by atoms with Crippen molar-refractivity contribution in [3.63, 3.8) is 0 Å². The summed E-state index contributed by atoms with van der Waals surface area (Å²) in [5, 5.41) is 3.31. The van der Waals surface area contributed by atoms with Gasteiger partial charge in [0, 0.05) is 12.5 Å². The second-order valence-corrected chi connectivity index (χ2v) is 4.28. The largest absolute Gasteiger partial charge is 0.441 e. The summed E-state index contributed by atoms with van der Waals surface area (Å²) < 4.78 is 18.5. The summed E-state index contributed by atoms with van der Waals surface area (Å²) in [7, 11) is 0. The van der Waals surface area contributed by atoms with Gasteiger partial charge in [0.05, 0.1) is 0 Å². The lowest BCUT2D eigenvalue weighted by atomic mass is 10.1. The van der Waals surface area contributed by atoms with E-state index in [2.05, 4.69) is 10.3 Å². The Morgan fingerprint density at radius 2 is 2.44 bits per heavy atom. The zero-order valence-corrected chi connectivity index (χ0v) is 8.87. The minimum absolute atomic E-state index is 0.280. The van der Waals surface area contributed by atoms with Crippen LogP contribution in [0.5, 0.6) is 0 Å². The van der Waals surface area contributed by atoms with E-state index in [0.29, 0.717) is 17.4 Å². The number of oxazole rings is 1. The highest BCUT2D eigenvalue weighted by molar-refractivity contribution is 5.72. The molecule has 1 aliphatic rings. The number of rotatable bonds is 2. The van der Waals surface area contributed by atoms with Crippen molar-refractivity contribution in [1.82, 2.24) is 10.3 Å². The van der Waals surface area contributed by atoms with E-state index in [9.17, 15) is 4.39 Å². The Balaban J connectivity index is 1.86. The Hall–Kier alpha value is -1.42. The summed E-state index contributed by atoms with van der Waals surface area (Å²) in [4.78, 5) is 4.36. The molecule has 2 heterocycles. The number of aromatic nitrogens is 1. The van der Waals surface area contributed by atoms with E-state index >= 15 is 0 Å². The predicted octanol–water partition coefficient (Wildman–Crippen LogP) is 2.12. The van der Waals surface area contributed by atoms with Gasteiger partial charge in [0.25, 0.3) is 0 Å². The third kappa shape index (κ3) is 1.80. The van der Waals surface area contributed by atoms with E-state index in [4.69, 9.17) is 4.42 Å². The summed E-state index contributed by atoms with van der Waals surface area (Å²) in [5.74, 6) is 1.03. The maximum atomic E-state index is 13.0. The lowest BCUT2D eigenvalue weighted by Crippen LogP contribution is -2.10. The van der Waals surface area contributed by atoms with Crippen molar-refractivity contribution in [2.24, 2.45) is 5.92 Å². The highest BCUT2D eigenvalue weighted by Crippen LogP contribution is 2.20. The van der Waals surface area contributed by atoms with Crippen LogP contribution in [0.25, 0.3) is 11.1 Å². The summed E-state index contributed by atoms with van der Waals surface area (Å²) >= 11 is 0. The van der Waals surface area contributed by atoms with E-state index in [1.54, 1.807) is 6.07 Å². The minimum Gasteiger partial charge on any atom is -0.441 e. The summed E-state index contributed by atoms with van der Waals surface area (Å²) in [6.07, 6.45) is 2.00. The zero-order chi connectivity index (χ0) is 11.0. The Kier molecular flexibility index (Phi) is 2.36. The lowest BCUT2D eigenvalue weighted by Gasteiger charge is -2.02. The predicted molar refractivity (Wildman–Crippen MR) is 58.6 cm³/mol. The van der Waals surface area contributed by atoms with Crippen LogP contribution in [0, 0.1) is 11.7 Å². The molecule has 0 bridgehead atoms. The topological polar surface area (TPSA) is 38.1 Å². The van der Waals surface area contributed by atoms with Crippen molar-refractivity contribution in [3.8, 4) is 0 Å². The first kappa shape index (κ1) is 9.78. The molecular formula is C12H13FN2O. The molecule has 0 aliphatic carbocycles. The SMILES string of the molecule is Fc1ccc2nc(CC3CCNC3)oc2c1. The van der Waals surface area contributed by atoms with Crippen molar-refractivity contribution in [1.29, 1.82) is 0 Å². The molecule has 16 heavy (non-hydrogen) atoms. The summed E-state index contributed by atoms with van der Waals surface area (Å²) in [6.45, 7) is 2.09. The second-order valence-electron chi connectivity index (χ2n) is 4.28. The minimum atomic E-state index is -0.280. The van der Waals surface area contributed by atoms with Gasteiger partial charge in [0.2, 0.25) is 0 Å². The van der Waals surface area contributed by atoms with Gasteiger partial charge in [-0.2, -0.15) is 0 Å². The number of benzene rings is 1. The molecule has 1 unspecified atom stereocenters. The first-order valence-corrected chi connectivity index (χ1v) is 5.57. The summed E-state index contributed by atoms with van der Waals surface area (Å²) in [6, 6.07) is 4.45. The molecule has 0 saturated carbocycles. The van der Waals surface area contributed by atoms with Crippen LogP contribution in [0.1, 0.15) is 12.3 Å². The van der Waals surface area contributed by atoms with Gasteiger partial charge in [0.1, 0.15) is 11.3 Å². The Bertz CT molecular complexity index is 503. The van der Waals surface area contributed by atoms with Gasteiger partial charge >= 0.3 is 0 Å². The van der Waals surface area contributed by atoms with E-state index in [1.807, 2.05) is 0 Å². The number of hydrogen-bond donors (Lipinski definition) is 1. The van der Waals surface area contributed by atoms with E-state index in [0.717, 1.165) is 31.4 Å². The fraction of sp³-hybridized carbons (Fsp3) is 0.417. The third-order valence-electron chi connectivity index (χ3n) is 3.02. The Morgan fingerprint density at radius 3 is 3.25 bits per heavy atom. The average Bonchev–Trinajstić information content (AvgIpc) is 2.86. The highest BCUT2D eigenvalue weighted by atomic mass is 19.1. The molecule has 1 N–H and O–H groups in total. The molecule has 3 nitrogen and oxygen atoms in total. The smallest absolute Gasteiger partial charge is 0.195 e. The molecule has 4 heteroatoms. The van der Waals surface area contributed by atoms with Crippen LogP contribution in [0.4, 0.5) is 4.39 Å². The van der Waals surface area contributed by atoms with Crippen LogP contribution in [-0.2, 0) is 6.42 Å². The molecule has 1 saturated heterocycles. The van der Waals surface area contributed by atoms with Crippen molar-refractivity contribution >= 4 is 11.1 Å². The molecule has 1 atom stereocenters. The van der Waals surface area contributed by atoms with E-state index in [1.165, 1.54) is 12.1 Å². The first-order valence-electron chi connectivity index (χ1n) is 5.57. The third-order valence-corrected chi connectivity index (χ3v) is 3.02. The van der Waals surface area contributed by atoms with Crippen LogP contribution in [-0.4, -0.2) is 18.1 Å². The second kappa shape index (κ2) is 3.87. The maximum Gasteiger partial charge on any atom is 0.195 e. The maximum absolute atomic E-state index is 13.0. The van der Waals surface area contributed by atoms with E-state index < -0.39 is 0 Å². The fourth-order valence-corrected chi connectivity index (χ4v) is 2.17. The van der Waals surface area contributed by atoms with Crippen molar-refractivity contribution in [3.05, 3.63) is 29.9 Å². The van der Waals surface area contributed by atoms with Gasteiger partial charge in [-0.05, 0) is 37.6 Å². The number of fused-ring (bicyclic) bond motifs is 1. The van der Waals surface area contributed by atoms with Crippen LogP contribution in [0.3, 0.4) is 0 Å². The molecule has 1 fully saturated rings. The van der Waals surface area contributed by atoms with Crippen LogP contribution in [0.15, 0.2) is 22.6 Å². The Labute approximate surface area is 92.7 Å². The fourth-order valence-electron chi connectivity index (χ4n) is 2.17. The van der Waals surface area contributed by atoms with Gasteiger partial charge in [-0.3, -0.25) is 0 Å². The number of hydrogen-bond acceptors (Lipinski definition) is 3. The lowest BCUT2D eigenvalue weighted by molar-refractivity contribution is 0.462. The molecule has 0 radical (unpaired) electrons. The number of halogens is 1. The normalized spacial score (nSPS) is 20.7. The van der Waals surface area contributed by atoms with Crippen LogP contribution < -0.4 is 5.32 Å². The molecular weight excluding hydrogens is 207 g/mol. The van der Waals surface area contributed by atoms with E-state index in [-0.39, 0.29) is 5.82 Å². The monoisotopic (exact) mass is 220 g/mol. The molecule has 3 rings (SSSR count). The van der Waals surface area contributed by atoms with Crippen molar-refractivity contribution < 1.29 is 8.81 Å². The number of nitrogens with zero attached hydrogens (tertiary/aromatic N) is 1. The molecule has 0 spiro atoms. The van der Waals surface area contributed by atoms with Gasteiger partial charge in [-0.25, -0.2) is 9.37 Å². The Morgan fingerprint density at radius 1 is 1.50 bits per heavy atom. The van der Waals surface area contributed by atoms with Gasteiger partial charge in [-0.1, -0.05) is 0 Å². The van der Waals surface area contributed by atoms with Gasteiger partial charge in [-0.15, -0.1) is 0 Å². The molecule has 1 aromatic heterocycles. The molecule has 1 aromatic carbocycles. The van der Waals surface area contributed by atoms with Gasteiger partial charge < -0.3 is 9.73 Å². The zero-order valence-electron chi connectivity index (χ0n) is 8.87. The van der Waals surface area contributed by atoms with Crippen molar-refractivity contribution in [2.75, 3.05) is 13.1 Å². The molecule has 0 amide bonds. The highest BCUT2D eigenvalue weighted by Gasteiger charge is 2.18. The summed E-state index contributed by atoms with van der Waals surface area (Å²) in [5.41, 5.74) is 1.28. The molecule has 84 valence electrons. The van der Waals surface area contributed by atoms with Crippen molar-refractivity contribution in [2.45, 2.75) is 12.8 Å². The average molecular weight is 220 g/mol. The van der Waals surface area contributed by atoms with Crippen LogP contribution in [0.2, 0.25) is 0 Å². The quantitative estimate of drug-likeness (QED) is 0.842. The van der Waals surface area contributed by atoms with Gasteiger partial charge in [0.15, 0.2) is 11.5 Å². The standard InChI is InChI=1S/C12H13FN2O/c13-9-1-2-10-11(6-9)16-12(15-10)5-8-3-4-14-7-8/h1-2,6,8,14H,3-5,7H2. The molecule has 2 aromatic rings. The van der Waals surface area contributed by atoms with Crippen LogP contribution >= 0.6 is 0 Å². The number of nitrogens with one attached hydrogen (secondary N) is 1. The molecule has 1 aliphatic heterocycles. The first-order chi connectivity index (χ1) is 7.81.